The third kappa shape index (κ3) is 4.84. The number of anilines is 1. The highest BCUT2D eigenvalue weighted by atomic mass is 19.1. The Labute approximate surface area is 184 Å². The maximum atomic E-state index is 13.5. The molecule has 0 saturated carbocycles. The molecule has 0 aliphatic carbocycles. The summed E-state index contributed by atoms with van der Waals surface area (Å²) in [5, 5.41) is 12.5. The minimum absolute atomic E-state index is 0.166. The first-order valence-corrected chi connectivity index (χ1v) is 10.0. The molecule has 0 saturated heterocycles. The second kappa shape index (κ2) is 9.03. The van der Waals surface area contributed by atoms with Gasteiger partial charge < -0.3 is 19.7 Å². The molecule has 4 aromatic rings. The van der Waals surface area contributed by atoms with E-state index in [1.54, 1.807) is 48.8 Å². The van der Waals surface area contributed by atoms with Gasteiger partial charge in [-0.2, -0.15) is 0 Å². The lowest BCUT2D eigenvalue weighted by Crippen LogP contribution is -2.13. The third-order valence-electron chi connectivity index (χ3n) is 4.90. The second-order valence-electron chi connectivity index (χ2n) is 7.46. The van der Waals surface area contributed by atoms with E-state index in [-0.39, 0.29) is 12.5 Å². The summed E-state index contributed by atoms with van der Waals surface area (Å²) in [4.78, 5) is 17.1. The van der Waals surface area contributed by atoms with Crippen LogP contribution in [0.3, 0.4) is 0 Å². The van der Waals surface area contributed by atoms with Gasteiger partial charge in [-0.15, -0.1) is 0 Å². The summed E-state index contributed by atoms with van der Waals surface area (Å²) in [5.74, 6) is 0.0714. The van der Waals surface area contributed by atoms with Crippen molar-refractivity contribution in [1.29, 1.82) is 0 Å². The smallest absolute Gasteiger partial charge is 0.255 e. The molecule has 0 atom stereocenters. The average Bonchev–Trinajstić information content (AvgIpc) is 3.21. The summed E-state index contributed by atoms with van der Waals surface area (Å²) in [5.41, 5.74) is 4.02. The van der Waals surface area contributed by atoms with Crippen molar-refractivity contribution in [2.75, 3.05) is 5.32 Å². The Morgan fingerprint density at radius 2 is 1.97 bits per heavy atom. The molecule has 1 aromatic heterocycles. The predicted octanol–water partition coefficient (Wildman–Crippen LogP) is 5.17. The largest absolute Gasteiger partial charge is 0.457 e. The lowest BCUT2D eigenvalue weighted by Gasteiger charge is -2.13. The normalized spacial score (nSPS) is 10.8. The Bertz CT molecular complexity index is 1280. The number of aromatic nitrogens is 2. The molecule has 7 heteroatoms. The first-order valence-electron chi connectivity index (χ1n) is 10.0. The number of carbonyl (C=O) groups is 1. The van der Waals surface area contributed by atoms with Gasteiger partial charge in [-0.25, -0.2) is 9.37 Å². The third-order valence-corrected chi connectivity index (χ3v) is 4.90. The van der Waals surface area contributed by atoms with E-state index in [2.05, 4.69) is 10.3 Å². The molecule has 3 aromatic carbocycles. The number of aliphatic hydroxyl groups excluding tert-OH is 1. The number of halogens is 1. The zero-order chi connectivity index (χ0) is 22.7. The molecule has 32 heavy (non-hydrogen) atoms. The number of aryl methyl sites for hydroxylation is 2. The fourth-order valence-electron chi connectivity index (χ4n) is 3.26. The van der Waals surface area contributed by atoms with Gasteiger partial charge in [0, 0.05) is 29.2 Å². The van der Waals surface area contributed by atoms with Gasteiger partial charge in [0.25, 0.3) is 5.91 Å². The van der Waals surface area contributed by atoms with E-state index >= 15 is 0 Å². The number of rotatable bonds is 6. The summed E-state index contributed by atoms with van der Waals surface area (Å²) in [6, 6.07) is 16.3. The van der Waals surface area contributed by atoms with Crippen LogP contribution in [0.25, 0.3) is 5.69 Å². The summed E-state index contributed by atoms with van der Waals surface area (Å²) in [6.45, 7) is 3.57. The molecule has 0 radical (unpaired) electrons. The van der Waals surface area contributed by atoms with Crippen LogP contribution in [0.15, 0.2) is 73.2 Å². The molecule has 0 fully saturated rings. The van der Waals surface area contributed by atoms with E-state index in [1.807, 2.05) is 30.7 Å². The van der Waals surface area contributed by atoms with Crippen LogP contribution in [-0.4, -0.2) is 20.6 Å². The van der Waals surface area contributed by atoms with Crippen molar-refractivity contribution < 1.29 is 19.0 Å². The minimum Gasteiger partial charge on any atom is -0.457 e. The topological polar surface area (TPSA) is 76.4 Å². The standard InChI is InChI=1S/C25H22FN3O3/c1-16-6-7-19(10-24(16)32-23-5-3-4-20(26)11-23)25(31)28-21-8-18(14-30)9-22(12-21)29-13-17(2)27-15-29/h3-13,15,30H,14H2,1-2H3,(H,28,31). The van der Waals surface area contributed by atoms with Crippen LogP contribution in [-0.2, 0) is 6.61 Å². The van der Waals surface area contributed by atoms with Gasteiger partial charge in [0.2, 0.25) is 0 Å². The Balaban J connectivity index is 1.59. The van der Waals surface area contributed by atoms with E-state index in [0.717, 1.165) is 16.9 Å². The lowest BCUT2D eigenvalue weighted by molar-refractivity contribution is 0.102. The van der Waals surface area contributed by atoms with Gasteiger partial charge in [0.05, 0.1) is 18.6 Å². The van der Waals surface area contributed by atoms with Crippen LogP contribution in [0, 0.1) is 19.7 Å². The summed E-state index contributed by atoms with van der Waals surface area (Å²) < 4.78 is 21.1. The Hall–Kier alpha value is -3.97. The van der Waals surface area contributed by atoms with Gasteiger partial charge in [-0.1, -0.05) is 12.1 Å². The molecule has 0 unspecified atom stereocenters. The van der Waals surface area contributed by atoms with Gasteiger partial charge in [-0.3, -0.25) is 4.79 Å². The van der Waals surface area contributed by atoms with Crippen molar-refractivity contribution in [3.63, 3.8) is 0 Å². The number of nitrogens with one attached hydrogen (secondary N) is 1. The predicted molar refractivity (Wildman–Crippen MR) is 120 cm³/mol. The van der Waals surface area contributed by atoms with Crippen molar-refractivity contribution in [2.24, 2.45) is 0 Å². The second-order valence-corrected chi connectivity index (χ2v) is 7.46. The molecule has 2 N–H and O–H groups in total. The van der Waals surface area contributed by atoms with Crippen molar-refractivity contribution in [2.45, 2.75) is 20.5 Å². The molecule has 162 valence electrons. The zero-order valence-corrected chi connectivity index (χ0v) is 17.7. The van der Waals surface area contributed by atoms with Crippen molar-refractivity contribution in [3.8, 4) is 17.2 Å². The fourth-order valence-corrected chi connectivity index (χ4v) is 3.26. The summed E-state index contributed by atoms with van der Waals surface area (Å²) >= 11 is 0. The van der Waals surface area contributed by atoms with E-state index in [4.69, 9.17) is 4.74 Å². The van der Waals surface area contributed by atoms with E-state index < -0.39 is 5.82 Å². The highest BCUT2D eigenvalue weighted by Gasteiger charge is 2.12. The highest BCUT2D eigenvalue weighted by Crippen LogP contribution is 2.27. The number of benzene rings is 3. The van der Waals surface area contributed by atoms with Crippen LogP contribution in [0.2, 0.25) is 0 Å². The van der Waals surface area contributed by atoms with Gasteiger partial charge in [-0.05, 0) is 67.4 Å². The van der Waals surface area contributed by atoms with Crippen LogP contribution >= 0.6 is 0 Å². The SMILES string of the molecule is Cc1cn(-c2cc(CO)cc(NC(=O)c3ccc(C)c(Oc4cccc(F)c4)c3)c2)cn1. The molecule has 0 aliphatic heterocycles. The first-order chi connectivity index (χ1) is 15.4. The molecule has 1 heterocycles. The monoisotopic (exact) mass is 431 g/mol. The summed E-state index contributed by atoms with van der Waals surface area (Å²) in [6.07, 6.45) is 3.53. The number of aliphatic hydroxyl groups is 1. The van der Waals surface area contributed by atoms with Gasteiger partial charge >= 0.3 is 0 Å². The molecule has 4 rings (SSSR count). The molecule has 6 nitrogen and oxygen atoms in total. The van der Waals surface area contributed by atoms with Crippen LogP contribution in [0.1, 0.15) is 27.2 Å². The fraction of sp³-hybridized carbons (Fsp3) is 0.120. The van der Waals surface area contributed by atoms with Gasteiger partial charge in [0.1, 0.15) is 17.3 Å². The van der Waals surface area contributed by atoms with E-state index in [9.17, 15) is 14.3 Å². The Morgan fingerprint density at radius 1 is 1.12 bits per heavy atom. The van der Waals surface area contributed by atoms with Crippen molar-refractivity contribution >= 4 is 11.6 Å². The van der Waals surface area contributed by atoms with Gasteiger partial charge in [0.15, 0.2) is 0 Å². The maximum absolute atomic E-state index is 13.5. The Morgan fingerprint density at radius 3 is 2.69 bits per heavy atom. The van der Waals surface area contributed by atoms with Crippen LogP contribution < -0.4 is 10.1 Å². The van der Waals surface area contributed by atoms with E-state index in [0.29, 0.717) is 28.3 Å². The first kappa shape index (κ1) is 21.3. The zero-order valence-electron chi connectivity index (χ0n) is 17.7. The Kier molecular flexibility index (Phi) is 6.00. The quantitative estimate of drug-likeness (QED) is 0.442. The molecular weight excluding hydrogens is 409 g/mol. The number of imidazole rings is 1. The molecular formula is C25H22FN3O3. The maximum Gasteiger partial charge on any atom is 0.255 e. The molecule has 0 spiro atoms. The average molecular weight is 431 g/mol. The number of nitrogens with zero attached hydrogens (tertiary/aromatic N) is 2. The number of hydrogen-bond donors (Lipinski definition) is 2. The highest BCUT2D eigenvalue weighted by molar-refractivity contribution is 6.04. The van der Waals surface area contributed by atoms with Crippen molar-refractivity contribution in [3.05, 3.63) is 101 Å². The van der Waals surface area contributed by atoms with Crippen molar-refractivity contribution in [1.82, 2.24) is 9.55 Å². The number of ether oxygens (including phenoxy) is 1. The summed E-state index contributed by atoms with van der Waals surface area (Å²) in [7, 11) is 0. The minimum atomic E-state index is -0.401. The van der Waals surface area contributed by atoms with Crippen LogP contribution in [0.5, 0.6) is 11.5 Å². The molecule has 0 bridgehead atoms. The molecule has 0 aliphatic rings. The lowest BCUT2D eigenvalue weighted by atomic mass is 10.1. The number of hydrogen-bond acceptors (Lipinski definition) is 4. The number of amides is 1. The van der Waals surface area contributed by atoms with E-state index in [1.165, 1.54) is 12.1 Å². The molecule has 1 amide bonds. The van der Waals surface area contributed by atoms with Crippen LogP contribution in [0.4, 0.5) is 10.1 Å². The number of carbonyl (C=O) groups excluding carboxylic acids is 1.